The molecule has 0 bridgehead atoms. The Hall–Kier alpha value is -0.630. The third-order valence-corrected chi connectivity index (χ3v) is 1.51. The van der Waals surface area contributed by atoms with Gasteiger partial charge in [0.2, 0.25) is 0 Å². The summed E-state index contributed by atoms with van der Waals surface area (Å²) in [6.45, 7) is 9.50. The van der Waals surface area contributed by atoms with E-state index in [0.29, 0.717) is 13.0 Å². The Morgan fingerprint density at radius 3 is 2.55 bits per heavy atom. The highest BCUT2D eigenvalue weighted by molar-refractivity contribution is 5.87. The van der Waals surface area contributed by atoms with E-state index in [0.717, 1.165) is 0 Å². The van der Waals surface area contributed by atoms with Crippen LogP contribution in [0, 0.1) is 0 Å². The van der Waals surface area contributed by atoms with Gasteiger partial charge in [0.15, 0.2) is 5.78 Å². The highest BCUT2D eigenvalue weighted by Gasteiger charge is 2.25. The lowest BCUT2D eigenvalue weighted by molar-refractivity contribution is -0.138. The second-order valence-corrected chi connectivity index (χ2v) is 2.86. The molecule has 0 aliphatic heterocycles. The molecule has 0 fully saturated rings. The summed E-state index contributed by atoms with van der Waals surface area (Å²) in [6, 6.07) is 0. The SMILES string of the molecule is C=CCC(=O)C(C)(C)OCC. The predicted molar refractivity (Wildman–Crippen MR) is 45.5 cm³/mol. The summed E-state index contributed by atoms with van der Waals surface area (Å²) in [4.78, 5) is 11.3. The summed E-state index contributed by atoms with van der Waals surface area (Å²) in [5.74, 6) is 0.0781. The molecule has 0 N–H and O–H groups in total. The van der Waals surface area contributed by atoms with Crippen LogP contribution in [0.2, 0.25) is 0 Å². The Bertz CT molecular complexity index is 148. The highest BCUT2D eigenvalue weighted by atomic mass is 16.5. The van der Waals surface area contributed by atoms with Gasteiger partial charge in [0.1, 0.15) is 5.60 Å². The smallest absolute Gasteiger partial charge is 0.167 e. The standard InChI is InChI=1S/C9H16O2/c1-5-7-8(10)9(3,4)11-6-2/h5H,1,6-7H2,2-4H3. The molecule has 0 amide bonds. The molecule has 11 heavy (non-hydrogen) atoms. The van der Waals surface area contributed by atoms with E-state index in [4.69, 9.17) is 4.74 Å². The Morgan fingerprint density at radius 2 is 2.18 bits per heavy atom. The maximum Gasteiger partial charge on any atom is 0.167 e. The van der Waals surface area contributed by atoms with Crippen molar-refractivity contribution in [2.75, 3.05) is 6.61 Å². The normalized spacial score (nSPS) is 11.2. The van der Waals surface area contributed by atoms with Crippen molar-refractivity contribution < 1.29 is 9.53 Å². The number of hydrogen-bond acceptors (Lipinski definition) is 2. The molecule has 0 aromatic heterocycles. The summed E-state index contributed by atoms with van der Waals surface area (Å²) >= 11 is 0. The van der Waals surface area contributed by atoms with Crippen LogP contribution < -0.4 is 0 Å². The van der Waals surface area contributed by atoms with Crippen LogP contribution in [0.25, 0.3) is 0 Å². The number of ketones is 1. The van der Waals surface area contributed by atoms with E-state index in [1.165, 1.54) is 0 Å². The van der Waals surface area contributed by atoms with E-state index in [1.54, 1.807) is 19.9 Å². The highest BCUT2D eigenvalue weighted by Crippen LogP contribution is 2.12. The molecule has 0 aromatic carbocycles. The van der Waals surface area contributed by atoms with E-state index >= 15 is 0 Å². The zero-order valence-corrected chi connectivity index (χ0v) is 7.52. The monoisotopic (exact) mass is 156 g/mol. The van der Waals surface area contributed by atoms with Gasteiger partial charge in [-0.1, -0.05) is 6.08 Å². The van der Waals surface area contributed by atoms with Gasteiger partial charge in [0, 0.05) is 13.0 Å². The van der Waals surface area contributed by atoms with Crippen LogP contribution in [0.3, 0.4) is 0 Å². The van der Waals surface area contributed by atoms with E-state index in [9.17, 15) is 4.79 Å². The van der Waals surface area contributed by atoms with Crippen molar-refractivity contribution in [2.45, 2.75) is 32.8 Å². The fourth-order valence-electron chi connectivity index (χ4n) is 0.818. The summed E-state index contributed by atoms with van der Waals surface area (Å²) in [7, 11) is 0. The van der Waals surface area contributed by atoms with Crippen molar-refractivity contribution in [2.24, 2.45) is 0 Å². The van der Waals surface area contributed by atoms with Gasteiger partial charge >= 0.3 is 0 Å². The van der Waals surface area contributed by atoms with Crippen molar-refractivity contribution in [3.8, 4) is 0 Å². The third-order valence-electron chi connectivity index (χ3n) is 1.51. The fraction of sp³-hybridized carbons (Fsp3) is 0.667. The molecule has 0 unspecified atom stereocenters. The average Bonchev–Trinajstić information content (AvgIpc) is 1.88. The van der Waals surface area contributed by atoms with E-state index in [-0.39, 0.29) is 5.78 Å². The Morgan fingerprint density at radius 1 is 1.64 bits per heavy atom. The molecule has 2 heteroatoms. The van der Waals surface area contributed by atoms with Gasteiger partial charge in [0.25, 0.3) is 0 Å². The molecule has 0 aromatic rings. The van der Waals surface area contributed by atoms with Gasteiger partial charge < -0.3 is 4.74 Å². The van der Waals surface area contributed by atoms with Gasteiger partial charge in [-0.05, 0) is 20.8 Å². The van der Waals surface area contributed by atoms with Crippen molar-refractivity contribution >= 4 is 5.78 Å². The van der Waals surface area contributed by atoms with E-state index < -0.39 is 5.60 Å². The molecule has 64 valence electrons. The van der Waals surface area contributed by atoms with E-state index in [2.05, 4.69) is 6.58 Å². The molecule has 0 saturated heterocycles. The topological polar surface area (TPSA) is 26.3 Å². The zero-order chi connectivity index (χ0) is 8.91. The summed E-state index contributed by atoms with van der Waals surface area (Å²) in [6.07, 6.45) is 1.98. The van der Waals surface area contributed by atoms with Gasteiger partial charge in [-0.25, -0.2) is 0 Å². The third kappa shape index (κ3) is 3.33. The molecule has 0 rings (SSSR count). The number of carbonyl (C=O) groups excluding carboxylic acids is 1. The first kappa shape index (κ1) is 10.4. The van der Waals surface area contributed by atoms with Crippen LogP contribution in [-0.4, -0.2) is 18.0 Å². The summed E-state index contributed by atoms with van der Waals surface area (Å²) in [5, 5.41) is 0. The quantitative estimate of drug-likeness (QED) is 0.569. The second-order valence-electron chi connectivity index (χ2n) is 2.86. The first-order valence-corrected chi connectivity index (χ1v) is 3.82. The molecular weight excluding hydrogens is 140 g/mol. The largest absolute Gasteiger partial charge is 0.368 e. The lowest BCUT2D eigenvalue weighted by atomic mass is 10.0. The number of hydrogen-bond donors (Lipinski definition) is 0. The first-order chi connectivity index (χ1) is 5.04. The Labute approximate surface area is 68.2 Å². The lowest BCUT2D eigenvalue weighted by Gasteiger charge is -2.21. The van der Waals surface area contributed by atoms with Crippen molar-refractivity contribution in [3.05, 3.63) is 12.7 Å². The fourth-order valence-corrected chi connectivity index (χ4v) is 0.818. The molecule has 0 spiro atoms. The minimum absolute atomic E-state index is 0.0781. The number of allylic oxidation sites excluding steroid dienone is 1. The van der Waals surface area contributed by atoms with Crippen LogP contribution in [-0.2, 0) is 9.53 Å². The molecule has 0 heterocycles. The average molecular weight is 156 g/mol. The molecule has 0 saturated carbocycles. The van der Waals surface area contributed by atoms with E-state index in [1.807, 2.05) is 6.92 Å². The van der Waals surface area contributed by atoms with Crippen molar-refractivity contribution in [1.82, 2.24) is 0 Å². The molecular formula is C9H16O2. The number of rotatable bonds is 5. The molecule has 0 atom stereocenters. The Kier molecular flexibility index (Phi) is 4.04. The second kappa shape index (κ2) is 4.29. The Balaban J connectivity index is 4.04. The minimum Gasteiger partial charge on any atom is -0.368 e. The predicted octanol–water partition coefficient (Wildman–Crippen LogP) is 1.95. The van der Waals surface area contributed by atoms with Gasteiger partial charge in [-0.2, -0.15) is 0 Å². The van der Waals surface area contributed by atoms with Crippen molar-refractivity contribution in [3.63, 3.8) is 0 Å². The molecule has 0 radical (unpaired) electrons. The zero-order valence-electron chi connectivity index (χ0n) is 7.52. The van der Waals surface area contributed by atoms with Crippen LogP contribution in [0.15, 0.2) is 12.7 Å². The van der Waals surface area contributed by atoms with Crippen LogP contribution >= 0.6 is 0 Å². The van der Waals surface area contributed by atoms with Crippen molar-refractivity contribution in [1.29, 1.82) is 0 Å². The van der Waals surface area contributed by atoms with Gasteiger partial charge in [-0.3, -0.25) is 4.79 Å². The van der Waals surface area contributed by atoms with Crippen LogP contribution in [0.5, 0.6) is 0 Å². The van der Waals surface area contributed by atoms with Crippen LogP contribution in [0.1, 0.15) is 27.2 Å². The minimum atomic E-state index is -0.650. The number of ether oxygens (including phenoxy) is 1. The molecule has 2 nitrogen and oxygen atoms in total. The lowest BCUT2D eigenvalue weighted by Crippen LogP contribution is -2.34. The number of carbonyl (C=O) groups is 1. The summed E-state index contributed by atoms with van der Waals surface area (Å²) < 4.78 is 5.25. The summed E-state index contributed by atoms with van der Waals surface area (Å²) in [5.41, 5.74) is -0.650. The maximum atomic E-state index is 11.3. The molecule has 0 aliphatic carbocycles. The first-order valence-electron chi connectivity index (χ1n) is 3.82. The number of Topliss-reactive ketones (excluding diaryl/α,β-unsaturated/α-hetero) is 1. The van der Waals surface area contributed by atoms with Crippen LogP contribution in [0.4, 0.5) is 0 Å². The van der Waals surface area contributed by atoms with Gasteiger partial charge in [0.05, 0.1) is 0 Å². The van der Waals surface area contributed by atoms with Gasteiger partial charge in [-0.15, -0.1) is 6.58 Å². The molecule has 0 aliphatic rings. The maximum absolute atomic E-state index is 11.3.